The van der Waals surface area contributed by atoms with Crippen LogP contribution in [0.25, 0.3) is 0 Å². The molecule has 3 saturated carbocycles. The van der Waals surface area contributed by atoms with Crippen LogP contribution in [-0.2, 0) is 0 Å². The second-order valence-electron chi connectivity index (χ2n) is 8.90. The van der Waals surface area contributed by atoms with Gasteiger partial charge in [-0.1, -0.05) is 24.6 Å². The normalized spacial score (nSPS) is 48.9. The van der Waals surface area contributed by atoms with Gasteiger partial charge in [0.15, 0.2) is 0 Å². The molecule has 0 saturated heterocycles. The molecule has 0 bridgehead atoms. The third-order valence-electron chi connectivity index (χ3n) is 8.49. The van der Waals surface area contributed by atoms with E-state index in [1.807, 2.05) is 6.08 Å². The molecule has 23 heavy (non-hydrogen) atoms. The average Bonchev–Trinajstić information content (AvgIpc) is 2.88. The smallest absolute Gasteiger partial charge is 0.0740 e. The van der Waals surface area contributed by atoms with Crippen molar-refractivity contribution in [3.8, 4) is 0 Å². The standard InChI is InChI=1S/C22H34O/c1-3-13-22(23)15-12-20-19-10-9-16-7-5-6-8-17(16)18(19)11-14-21(20,22)4-2/h3,7,17-20,23H,1,4-6,8-15H2,2H3/t17-,18+,19+,20-,21-,22-/m0/s1. The van der Waals surface area contributed by atoms with Crippen molar-refractivity contribution < 1.29 is 5.11 Å². The van der Waals surface area contributed by atoms with Gasteiger partial charge in [-0.05, 0) is 94.3 Å². The van der Waals surface area contributed by atoms with Crippen molar-refractivity contribution in [2.24, 2.45) is 29.1 Å². The van der Waals surface area contributed by atoms with E-state index in [4.69, 9.17) is 0 Å². The first-order valence-electron chi connectivity index (χ1n) is 10.2. The fourth-order valence-electron chi connectivity index (χ4n) is 7.54. The number of aliphatic hydroxyl groups is 1. The van der Waals surface area contributed by atoms with Crippen LogP contribution in [0.1, 0.15) is 77.6 Å². The molecule has 0 heterocycles. The van der Waals surface area contributed by atoms with Crippen LogP contribution in [-0.4, -0.2) is 10.7 Å². The molecule has 1 heteroatoms. The quantitative estimate of drug-likeness (QED) is 0.668. The van der Waals surface area contributed by atoms with E-state index in [1.54, 1.807) is 5.57 Å². The lowest BCUT2D eigenvalue weighted by molar-refractivity contribution is -0.128. The highest BCUT2D eigenvalue weighted by molar-refractivity contribution is 5.20. The molecule has 1 nitrogen and oxygen atoms in total. The predicted molar refractivity (Wildman–Crippen MR) is 96.1 cm³/mol. The average molecular weight is 315 g/mol. The summed E-state index contributed by atoms with van der Waals surface area (Å²) in [6.45, 7) is 6.28. The van der Waals surface area contributed by atoms with E-state index in [1.165, 1.54) is 51.4 Å². The lowest BCUT2D eigenvalue weighted by atomic mass is 9.49. The zero-order chi connectivity index (χ0) is 16.1. The second kappa shape index (κ2) is 5.76. The van der Waals surface area contributed by atoms with Crippen molar-refractivity contribution in [1.29, 1.82) is 0 Å². The van der Waals surface area contributed by atoms with Gasteiger partial charge in [-0.15, -0.1) is 6.58 Å². The molecular formula is C22H34O. The van der Waals surface area contributed by atoms with Crippen molar-refractivity contribution in [3.63, 3.8) is 0 Å². The molecular weight excluding hydrogens is 280 g/mol. The number of fused-ring (bicyclic) bond motifs is 5. The molecule has 0 unspecified atom stereocenters. The van der Waals surface area contributed by atoms with Crippen molar-refractivity contribution in [3.05, 3.63) is 24.3 Å². The van der Waals surface area contributed by atoms with Gasteiger partial charge in [0.05, 0.1) is 5.60 Å². The Morgan fingerprint density at radius 2 is 2.09 bits per heavy atom. The topological polar surface area (TPSA) is 20.2 Å². The molecule has 4 aliphatic rings. The molecule has 0 radical (unpaired) electrons. The minimum atomic E-state index is -0.470. The number of hydrogen-bond acceptors (Lipinski definition) is 1. The Hall–Kier alpha value is -0.560. The van der Waals surface area contributed by atoms with Crippen LogP contribution >= 0.6 is 0 Å². The third-order valence-corrected chi connectivity index (χ3v) is 8.49. The summed E-state index contributed by atoms with van der Waals surface area (Å²) in [6.07, 6.45) is 18.3. The third kappa shape index (κ3) is 2.15. The largest absolute Gasteiger partial charge is 0.389 e. The molecule has 0 aromatic rings. The van der Waals surface area contributed by atoms with Crippen LogP contribution in [0.5, 0.6) is 0 Å². The predicted octanol–water partition coefficient (Wildman–Crippen LogP) is 5.65. The number of rotatable bonds is 3. The molecule has 0 spiro atoms. The van der Waals surface area contributed by atoms with E-state index < -0.39 is 5.60 Å². The second-order valence-corrected chi connectivity index (χ2v) is 8.90. The highest BCUT2D eigenvalue weighted by Gasteiger charge is 2.62. The van der Waals surface area contributed by atoms with Gasteiger partial charge in [-0.2, -0.15) is 0 Å². The van der Waals surface area contributed by atoms with Crippen LogP contribution in [0, 0.1) is 29.1 Å². The van der Waals surface area contributed by atoms with E-state index in [0.29, 0.717) is 0 Å². The monoisotopic (exact) mass is 314 g/mol. The van der Waals surface area contributed by atoms with Gasteiger partial charge in [-0.3, -0.25) is 0 Å². The van der Waals surface area contributed by atoms with Gasteiger partial charge in [0.25, 0.3) is 0 Å². The van der Waals surface area contributed by atoms with E-state index in [2.05, 4.69) is 19.6 Å². The fraction of sp³-hybridized carbons (Fsp3) is 0.818. The molecule has 6 atom stereocenters. The minimum Gasteiger partial charge on any atom is -0.389 e. The van der Waals surface area contributed by atoms with Gasteiger partial charge in [-0.25, -0.2) is 0 Å². The maximum Gasteiger partial charge on any atom is 0.0740 e. The molecule has 0 amide bonds. The lowest BCUT2D eigenvalue weighted by Gasteiger charge is -2.57. The Kier molecular flexibility index (Phi) is 3.99. The van der Waals surface area contributed by atoms with Crippen molar-refractivity contribution in [1.82, 2.24) is 0 Å². The lowest BCUT2D eigenvalue weighted by Crippen LogP contribution is -2.53. The summed E-state index contributed by atoms with van der Waals surface area (Å²) in [6, 6.07) is 0. The molecule has 3 fully saturated rings. The minimum absolute atomic E-state index is 0.179. The molecule has 0 aromatic carbocycles. The van der Waals surface area contributed by atoms with Gasteiger partial charge in [0.1, 0.15) is 0 Å². The molecule has 4 aliphatic carbocycles. The molecule has 0 aliphatic heterocycles. The van der Waals surface area contributed by atoms with E-state index in [-0.39, 0.29) is 5.41 Å². The summed E-state index contributed by atoms with van der Waals surface area (Å²) >= 11 is 0. The Morgan fingerprint density at radius 1 is 1.22 bits per heavy atom. The summed E-state index contributed by atoms with van der Waals surface area (Å²) in [5.74, 6) is 3.46. The van der Waals surface area contributed by atoms with Crippen LogP contribution < -0.4 is 0 Å². The van der Waals surface area contributed by atoms with Crippen LogP contribution in [0.4, 0.5) is 0 Å². The van der Waals surface area contributed by atoms with Gasteiger partial charge < -0.3 is 5.11 Å². The summed E-state index contributed by atoms with van der Waals surface area (Å²) in [4.78, 5) is 0. The SMILES string of the molecule is C=CC[C@]1(O)CC[C@H]2[C@@H]3CCC4=CCCC[C@@H]4[C@H]3CC[C@@]21CC. The van der Waals surface area contributed by atoms with Crippen molar-refractivity contribution in [2.75, 3.05) is 0 Å². The van der Waals surface area contributed by atoms with E-state index in [0.717, 1.165) is 42.9 Å². The molecule has 128 valence electrons. The summed E-state index contributed by atoms with van der Waals surface area (Å²) < 4.78 is 0. The Labute approximate surface area is 142 Å². The van der Waals surface area contributed by atoms with Crippen molar-refractivity contribution in [2.45, 2.75) is 83.2 Å². The van der Waals surface area contributed by atoms with E-state index >= 15 is 0 Å². The van der Waals surface area contributed by atoms with Crippen LogP contribution in [0.15, 0.2) is 24.3 Å². The Bertz CT molecular complexity index is 506. The number of hydrogen-bond donors (Lipinski definition) is 1. The first-order chi connectivity index (χ1) is 11.1. The zero-order valence-corrected chi connectivity index (χ0v) is 14.9. The first-order valence-corrected chi connectivity index (χ1v) is 10.2. The maximum absolute atomic E-state index is 11.5. The number of allylic oxidation sites excluding steroid dienone is 2. The molecule has 1 N–H and O–H groups in total. The van der Waals surface area contributed by atoms with Gasteiger partial charge >= 0.3 is 0 Å². The highest BCUT2D eigenvalue weighted by atomic mass is 16.3. The van der Waals surface area contributed by atoms with Crippen LogP contribution in [0.3, 0.4) is 0 Å². The Balaban J connectivity index is 1.65. The summed E-state index contributed by atoms with van der Waals surface area (Å²) in [5, 5.41) is 11.5. The zero-order valence-electron chi connectivity index (χ0n) is 14.9. The summed E-state index contributed by atoms with van der Waals surface area (Å²) in [7, 11) is 0. The van der Waals surface area contributed by atoms with Crippen molar-refractivity contribution >= 4 is 0 Å². The maximum atomic E-state index is 11.5. The molecule has 4 rings (SSSR count). The summed E-state index contributed by atoms with van der Waals surface area (Å²) in [5.41, 5.74) is 1.51. The van der Waals surface area contributed by atoms with Gasteiger partial charge in [0, 0.05) is 5.41 Å². The Morgan fingerprint density at radius 3 is 2.87 bits per heavy atom. The molecule has 0 aromatic heterocycles. The van der Waals surface area contributed by atoms with Crippen LogP contribution in [0.2, 0.25) is 0 Å². The fourth-order valence-corrected chi connectivity index (χ4v) is 7.54. The van der Waals surface area contributed by atoms with E-state index in [9.17, 15) is 5.11 Å². The first kappa shape index (κ1) is 15.9. The highest BCUT2D eigenvalue weighted by Crippen LogP contribution is 2.66. The van der Waals surface area contributed by atoms with Gasteiger partial charge in [0.2, 0.25) is 0 Å².